The normalized spacial score (nSPS) is 11.5. The molecule has 0 saturated heterocycles. The lowest BCUT2D eigenvalue weighted by Gasteiger charge is -2.21. The summed E-state index contributed by atoms with van der Waals surface area (Å²) in [7, 11) is -3.73. The third-order valence-electron chi connectivity index (χ3n) is 4.78. The van der Waals surface area contributed by atoms with Crippen molar-refractivity contribution in [2.24, 2.45) is 0 Å². The SMILES string of the molecule is Cc1ccc(CN(Cc2ccco2)C(=O)c2ccc(S(=O)(=O)NCc3ccco3)cc2)s1. The van der Waals surface area contributed by atoms with Crippen LogP contribution in [0, 0.1) is 6.92 Å². The molecule has 32 heavy (non-hydrogen) atoms. The number of carbonyl (C=O) groups is 1. The van der Waals surface area contributed by atoms with E-state index in [1.807, 2.05) is 25.1 Å². The Hall–Kier alpha value is -3.14. The van der Waals surface area contributed by atoms with E-state index in [1.165, 1.54) is 35.4 Å². The van der Waals surface area contributed by atoms with Gasteiger partial charge in [-0.15, -0.1) is 11.3 Å². The van der Waals surface area contributed by atoms with Gasteiger partial charge in [-0.05, 0) is 67.6 Å². The molecular formula is C23H22N2O5S2. The molecule has 3 heterocycles. The highest BCUT2D eigenvalue weighted by Crippen LogP contribution is 2.21. The fourth-order valence-electron chi connectivity index (χ4n) is 3.17. The van der Waals surface area contributed by atoms with E-state index < -0.39 is 10.0 Å². The Bertz CT molecular complexity index is 1260. The molecule has 1 aromatic carbocycles. The predicted octanol–water partition coefficient (Wildman–Crippen LogP) is 4.56. The Kier molecular flexibility index (Phi) is 6.59. The zero-order valence-corrected chi connectivity index (χ0v) is 19.0. The zero-order valence-electron chi connectivity index (χ0n) is 17.4. The van der Waals surface area contributed by atoms with Crippen LogP contribution in [0.2, 0.25) is 0 Å². The molecule has 0 fully saturated rings. The summed E-state index contributed by atoms with van der Waals surface area (Å²) < 4.78 is 38.1. The molecule has 166 valence electrons. The van der Waals surface area contributed by atoms with Gasteiger partial charge >= 0.3 is 0 Å². The summed E-state index contributed by atoms with van der Waals surface area (Å²) in [4.78, 5) is 17.2. The van der Waals surface area contributed by atoms with Crippen LogP contribution < -0.4 is 4.72 Å². The van der Waals surface area contributed by atoms with E-state index in [1.54, 1.807) is 40.7 Å². The third kappa shape index (κ3) is 5.37. The van der Waals surface area contributed by atoms with Crippen molar-refractivity contribution in [1.82, 2.24) is 9.62 Å². The van der Waals surface area contributed by atoms with Crippen molar-refractivity contribution in [2.75, 3.05) is 0 Å². The fraction of sp³-hybridized carbons (Fsp3) is 0.174. The molecule has 4 rings (SSSR count). The number of thiophene rings is 1. The molecule has 7 nitrogen and oxygen atoms in total. The molecule has 0 aliphatic heterocycles. The Labute approximate surface area is 190 Å². The fourth-order valence-corrected chi connectivity index (χ4v) is 5.07. The highest BCUT2D eigenvalue weighted by atomic mass is 32.2. The summed E-state index contributed by atoms with van der Waals surface area (Å²) in [6, 6.07) is 16.9. The van der Waals surface area contributed by atoms with Crippen LogP contribution in [0.3, 0.4) is 0 Å². The molecule has 0 saturated carbocycles. The van der Waals surface area contributed by atoms with Crippen LogP contribution in [0.25, 0.3) is 0 Å². The van der Waals surface area contributed by atoms with Crippen molar-refractivity contribution in [3.63, 3.8) is 0 Å². The molecule has 4 aromatic rings. The highest BCUT2D eigenvalue weighted by Gasteiger charge is 2.20. The first-order valence-electron chi connectivity index (χ1n) is 9.90. The van der Waals surface area contributed by atoms with Crippen molar-refractivity contribution in [1.29, 1.82) is 0 Å². The molecule has 9 heteroatoms. The second-order valence-corrected chi connectivity index (χ2v) is 10.3. The van der Waals surface area contributed by atoms with Crippen LogP contribution >= 0.6 is 11.3 Å². The minimum Gasteiger partial charge on any atom is -0.468 e. The second-order valence-electron chi connectivity index (χ2n) is 7.18. The summed E-state index contributed by atoms with van der Waals surface area (Å²) in [5, 5.41) is 0. The second kappa shape index (κ2) is 9.56. The molecule has 1 N–H and O–H groups in total. The Balaban J connectivity index is 1.50. The van der Waals surface area contributed by atoms with E-state index in [0.717, 1.165) is 4.88 Å². The summed E-state index contributed by atoms with van der Waals surface area (Å²) in [6.45, 7) is 2.81. The first kappa shape index (κ1) is 22.1. The molecule has 1 amide bonds. The maximum absolute atomic E-state index is 13.2. The highest BCUT2D eigenvalue weighted by molar-refractivity contribution is 7.89. The summed E-state index contributed by atoms with van der Waals surface area (Å²) >= 11 is 1.63. The molecule has 0 unspecified atom stereocenters. The summed E-state index contributed by atoms with van der Waals surface area (Å²) in [6.07, 6.45) is 3.05. The number of benzene rings is 1. The van der Waals surface area contributed by atoms with Crippen LogP contribution in [0.1, 0.15) is 31.6 Å². The number of rotatable bonds is 9. The Morgan fingerprint density at radius 2 is 1.62 bits per heavy atom. The Morgan fingerprint density at radius 1 is 0.938 bits per heavy atom. The largest absolute Gasteiger partial charge is 0.468 e. The zero-order chi connectivity index (χ0) is 22.6. The van der Waals surface area contributed by atoms with Crippen LogP contribution in [0.5, 0.6) is 0 Å². The number of furan rings is 2. The smallest absolute Gasteiger partial charge is 0.254 e. The van der Waals surface area contributed by atoms with E-state index >= 15 is 0 Å². The van der Waals surface area contributed by atoms with Gasteiger partial charge in [0.05, 0.1) is 37.1 Å². The standard InChI is InChI=1S/C23H22N2O5S2/c1-17-6-9-21(31-17)16-25(15-20-5-3-13-30-20)23(26)18-7-10-22(11-8-18)32(27,28)24-14-19-4-2-12-29-19/h2-13,24H,14-16H2,1H3. The minimum absolute atomic E-state index is 0.0488. The number of carbonyl (C=O) groups excluding carboxylic acids is 1. The van der Waals surface area contributed by atoms with Gasteiger partial charge in [0.15, 0.2) is 0 Å². The van der Waals surface area contributed by atoms with Crippen LogP contribution in [-0.4, -0.2) is 19.2 Å². The molecule has 0 spiro atoms. The maximum Gasteiger partial charge on any atom is 0.254 e. The van der Waals surface area contributed by atoms with Gasteiger partial charge in [-0.3, -0.25) is 4.79 Å². The van der Waals surface area contributed by atoms with Gasteiger partial charge in [0, 0.05) is 15.3 Å². The van der Waals surface area contributed by atoms with Crippen LogP contribution in [0.15, 0.2) is 86.9 Å². The number of nitrogens with one attached hydrogen (secondary N) is 1. The first-order chi connectivity index (χ1) is 15.4. The van der Waals surface area contributed by atoms with Gasteiger partial charge in [0.25, 0.3) is 5.91 Å². The lowest BCUT2D eigenvalue weighted by Crippen LogP contribution is -2.30. The molecule has 3 aromatic heterocycles. The average Bonchev–Trinajstić information content (AvgIpc) is 3.55. The minimum atomic E-state index is -3.73. The van der Waals surface area contributed by atoms with E-state index in [-0.39, 0.29) is 17.3 Å². The maximum atomic E-state index is 13.2. The lowest BCUT2D eigenvalue weighted by atomic mass is 10.2. The molecule has 0 aliphatic carbocycles. The molecule has 0 aliphatic rings. The van der Waals surface area contributed by atoms with Gasteiger partial charge < -0.3 is 13.7 Å². The van der Waals surface area contributed by atoms with E-state index in [9.17, 15) is 13.2 Å². The number of amides is 1. The summed E-state index contributed by atoms with van der Waals surface area (Å²) in [5.74, 6) is 0.977. The topological polar surface area (TPSA) is 92.8 Å². The third-order valence-corrected chi connectivity index (χ3v) is 7.19. The van der Waals surface area contributed by atoms with Crippen molar-refractivity contribution in [3.05, 3.63) is 100 Å². The van der Waals surface area contributed by atoms with Crippen LogP contribution in [-0.2, 0) is 29.7 Å². The van der Waals surface area contributed by atoms with Crippen molar-refractivity contribution >= 4 is 27.3 Å². The average molecular weight is 471 g/mol. The monoisotopic (exact) mass is 470 g/mol. The van der Waals surface area contributed by atoms with Gasteiger partial charge in [0.1, 0.15) is 11.5 Å². The molecule has 0 radical (unpaired) electrons. The lowest BCUT2D eigenvalue weighted by molar-refractivity contribution is 0.0719. The van der Waals surface area contributed by atoms with Crippen LogP contribution in [0.4, 0.5) is 0 Å². The van der Waals surface area contributed by atoms with Gasteiger partial charge in [0.2, 0.25) is 10.0 Å². The number of nitrogens with zero attached hydrogens (tertiary/aromatic N) is 1. The van der Waals surface area contributed by atoms with E-state index in [2.05, 4.69) is 4.72 Å². The van der Waals surface area contributed by atoms with Crippen molar-refractivity contribution in [2.45, 2.75) is 31.5 Å². The van der Waals surface area contributed by atoms with E-state index in [0.29, 0.717) is 30.2 Å². The number of hydrogen-bond donors (Lipinski definition) is 1. The predicted molar refractivity (Wildman–Crippen MR) is 121 cm³/mol. The van der Waals surface area contributed by atoms with Gasteiger partial charge in [-0.1, -0.05) is 0 Å². The van der Waals surface area contributed by atoms with Crippen molar-refractivity contribution < 1.29 is 22.0 Å². The van der Waals surface area contributed by atoms with Gasteiger partial charge in [-0.2, -0.15) is 0 Å². The Morgan fingerprint density at radius 3 is 2.22 bits per heavy atom. The van der Waals surface area contributed by atoms with E-state index in [4.69, 9.17) is 8.83 Å². The quantitative estimate of drug-likeness (QED) is 0.387. The molecule has 0 bridgehead atoms. The number of sulfonamides is 1. The van der Waals surface area contributed by atoms with Crippen molar-refractivity contribution in [3.8, 4) is 0 Å². The summed E-state index contributed by atoms with van der Waals surface area (Å²) in [5.41, 5.74) is 0.398. The first-order valence-corrected chi connectivity index (χ1v) is 12.2. The molecular weight excluding hydrogens is 448 g/mol. The van der Waals surface area contributed by atoms with Gasteiger partial charge in [-0.25, -0.2) is 13.1 Å². The number of hydrogen-bond acceptors (Lipinski definition) is 6. The molecule has 0 atom stereocenters. The number of aryl methyl sites for hydroxylation is 1.